The molecular formula is C16H24O2. The summed E-state index contributed by atoms with van der Waals surface area (Å²) in [4.78, 5) is 12.4. The first kappa shape index (κ1) is 14.9. The van der Waals surface area contributed by atoms with Crippen LogP contribution in [0.5, 0.6) is 0 Å². The molecule has 1 rings (SSSR count). The fourth-order valence-electron chi connectivity index (χ4n) is 2.18. The number of carbonyl (C=O) groups excluding carboxylic acids is 1. The summed E-state index contributed by atoms with van der Waals surface area (Å²) in [6.07, 6.45) is 0.931. The predicted octanol–water partition coefficient (Wildman–Crippen LogP) is 3.75. The quantitative estimate of drug-likeness (QED) is 0.861. The standard InChI is InChI=1S/C16H24O2/c1-5-9-13(15(18)16(2,3)4)14(17)12-10-7-6-8-11-12/h6-8,10-11,13-14,17H,5,9H2,1-4H3/t13-,14+/m1/s1. The second-order valence-corrected chi connectivity index (χ2v) is 5.86. The third-order valence-electron chi connectivity index (χ3n) is 3.20. The van der Waals surface area contributed by atoms with Gasteiger partial charge in [-0.1, -0.05) is 64.4 Å². The zero-order valence-corrected chi connectivity index (χ0v) is 11.8. The molecule has 0 heterocycles. The Morgan fingerprint density at radius 3 is 2.22 bits per heavy atom. The van der Waals surface area contributed by atoms with Crippen LogP contribution in [0.1, 0.15) is 52.2 Å². The molecule has 0 aromatic heterocycles. The van der Waals surface area contributed by atoms with Gasteiger partial charge in [0.05, 0.1) is 6.10 Å². The van der Waals surface area contributed by atoms with Crippen molar-refractivity contribution in [1.29, 1.82) is 0 Å². The summed E-state index contributed by atoms with van der Waals surface area (Å²) >= 11 is 0. The normalized spacial score (nSPS) is 15.2. The van der Waals surface area contributed by atoms with Crippen LogP contribution < -0.4 is 0 Å². The number of hydrogen-bond acceptors (Lipinski definition) is 2. The lowest BCUT2D eigenvalue weighted by Gasteiger charge is -2.28. The van der Waals surface area contributed by atoms with Crippen LogP contribution >= 0.6 is 0 Å². The molecule has 0 amide bonds. The third-order valence-corrected chi connectivity index (χ3v) is 3.20. The van der Waals surface area contributed by atoms with Gasteiger partial charge in [-0.25, -0.2) is 0 Å². The molecule has 100 valence electrons. The number of aliphatic hydroxyl groups is 1. The maximum Gasteiger partial charge on any atom is 0.144 e. The van der Waals surface area contributed by atoms with E-state index < -0.39 is 11.5 Å². The van der Waals surface area contributed by atoms with Crippen LogP contribution in [-0.4, -0.2) is 10.9 Å². The molecule has 0 unspecified atom stereocenters. The molecule has 2 atom stereocenters. The van der Waals surface area contributed by atoms with E-state index in [1.54, 1.807) is 0 Å². The topological polar surface area (TPSA) is 37.3 Å². The molecule has 0 saturated carbocycles. The summed E-state index contributed by atoms with van der Waals surface area (Å²) in [5.41, 5.74) is 0.420. The predicted molar refractivity (Wildman–Crippen MR) is 74.3 cm³/mol. The van der Waals surface area contributed by atoms with Crippen molar-refractivity contribution in [2.75, 3.05) is 0 Å². The van der Waals surface area contributed by atoms with Crippen LogP contribution in [0, 0.1) is 11.3 Å². The first-order valence-electron chi connectivity index (χ1n) is 6.65. The van der Waals surface area contributed by atoms with Gasteiger partial charge >= 0.3 is 0 Å². The van der Waals surface area contributed by atoms with E-state index in [9.17, 15) is 9.90 Å². The molecule has 0 aliphatic carbocycles. The number of hydrogen-bond donors (Lipinski definition) is 1. The van der Waals surface area contributed by atoms with Crippen molar-refractivity contribution < 1.29 is 9.90 Å². The Bertz CT molecular complexity index is 376. The number of benzene rings is 1. The minimum Gasteiger partial charge on any atom is -0.388 e. The molecule has 2 nitrogen and oxygen atoms in total. The number of ketones is 1. The highest BCUT2D eigenvalue weighted by Crippen LogP contribution is 2.32. The Morgan fingerprint density at radius 1 is 1.22 bits per heavy atom. The molecule has 1 aromatic carbocycles. The van der Waals surface area contributed by atoms with Crippen molar-refractivity contribution >= 4 is 5.78 Å². The summed E-state index contributed by atoms with van der Waals surface area (Å²) < 4.78 is 0. The number of carbonyl (C=O) groups is 1. The van der Waals surface area contributed by atoms with Gasteiger partial charge in [-0.3, -0.25) is 4.79 Å². The lowest BCUT2D eigenvalue weighted by Crippen LogP contribution is -2.32. The maximum absolute atomic E-state index is 12.4. The van der Waals surface area contributed by atoms with E-state index >= 15 is 0 Å². The average Bonchev–Trinajstić information content (AvgIpc) is 2.34. The fraction of sp³-hybridized carbons (Fsp3) is 0.562. The Balaban J connectivity index is 2.95. The van der Waals surface area contributed by atoms with Gasteiger partial charge < -0.3 is 5.11 Å². The van der Waals surface area contributed by atoms with E-state index in [4.69, 9.17) is 0 Å². The van der Waals surface area contributed by atoms with Gasteiger partial charge in [0.25, 0.3) is 0 Å². The lowest BCUT2D eigenvalue weighted by atomic mass is 9.77. The van der Waals surface area contributed by atoms with E-state index in [0.29, 0.717) is 0 Å². The number of Topliss-reactive ketones (excluding diaryl/α,β-unsaturated/α-hetero) is 1. The van der Waals surface area contributed by atoms with Crippen LogP contribution in [0.3, 0.4) is 0 Å². The summed E-state index contributed by atoms with van der Waals surface area (Å²) in [6, 6.07) is 9.45. The molecule has 0 radical (unpaired) electrons. The molecule has 0 fully saturated rings. The molecule has 0 aliphatic rings. The van der Waals surface area contributed by atoms with Crippen molar-refractivity contribution in [3.63, 3.8) is 0 Å². The molecule has 2 heteroatoms. The van der Waals surface area contributed by atoms with Gasteiger partial charge in [-0.15, -0.1) is 0 Å². The number of rotatable bonds is 5. The minimum atomic E-state index is -0.696. The first-order chi connectivity index (χ1) is 8.38. The van der Waals surface area contributed by atoms with Gasteiger partial charge in [0.1, 0.15) is 5.78 Å². The van der Waals surface area contributed by atoms with Crippen LogP contribution in [0.2, 0.25) is 0 Å². The van der Waals surface area contributed by atoms with E-state index in [1.807, 2.05) is 58.0 Å². The van der Waals surface area contributed by atoms with E-state index in [2.05, 4.69) is 0 Å². The highest BCUT2D eigenvalue weighted by atomic mass is 16.3. The molecular weight excluding hydrogens is 224 g/mol. The molecule has 0 bridgehead atoms. The molecule has 18 heavy (non-hydrogen) atoms. The van der Waals surface area contributed by atoms with Crippen molar-refractivity contribution in [3.05, 3.63) is 35.9 Å². The van der Waals surface area contributed by atoms with Crippen LogP contribution in [0.4, 0.5) is 0 Å². The van der Waals surface area contributed by atoms with Crippen LogP contribution in [0.25, 0.3) is 0 Å². The Hall–Kier alpha value is -1.15. The zero-order valence-electron chi connectivity index (χ0n) is 11.8. The average molecular weight is 248 g/mol. The van der Waals surface area contributed by atoms with E-state index in [1.165, 1.54) is 0 Å². The first-order valence-corrected chi connectivity index (χ1v) is 6.65. The lowest BCUT2D eigenvalue weighted by molar-refractivity contribution is -0.134. The molecule has 1 N–H and O–H groups in total. The van der Waals surface area contributed by atoms with E-state index in [0.717, 1.165) is 18.4 Å². The third kappa shape index (κ3) is 3.67. The second kappa shape index (κ2) is 6.14. The fourth-order valence-corrected chi connectivity index (χ4v) is 2.18. The molecule has 0 spiro atoms. The van der Waals surface area contributed by atoms with E-state index in [-0.39, 0.29) is 11.7 Å². The van der Waals surface area contributed by atoms with Gasteiger partial charge in [-0.05, 0) is 12.0 Å². The Kier molecular flexibility index (Phi) is 5.09. The maximum atomic E-state index is 12.4. The van der Waals surface area contributed by atoms with Gasteiger partial charge in [0.15, 0.2) is 0 Å². The second-order valence-electron chi connectivity index (χ2n) is 5.86. The van der Waals surface area contributed by atoms with Gasteiger partial charge in [-0.2, -0.15) is 0 Å². The summed E-state index contributed by atoms with van der Waals surface area (Å²) in [5.74, 6) is -0.168. The minimum absolute atomic E-state index is 0.140. The summed E-state index contributed by atoms with van der Waals surface area (Å²) in [5, 5.41) is 10.4. The zero-order chi connectivity index (χ0) is 13.8. The SMILES string of the molecule is CCC[C@@H](C(=O)C(C)(C)C)[C@@H](O)c1ccccc1. The number of aliphatic hydroxyl groups excluding tert-OH is 1. The summed E-state index contributed by atoms with van der Waals surface area (Å²) in [7, 11) is 0. The van der Waals surface area contributed by atoms with Crippen molar-refractivity contribution in [2.24, 2.45) is 11.3 Å². The Morgan fingerprint density at radius 2 is 1.78 bits per heavy atom. The van der Waals surface area contributed by atoms with Gasteiger partial charge in [0.2, 0.25) is 0 Å². The van der Waals surface area contributed by atoms with Crippen LogP contribution in [-0.2, 0) is 4.79 Å². The monoisotopic (exact) mass is 248 g/mol. The Labute approximate surface area is 110 Å². The van der Waals surface area contributed by atoms with Crippen molar-refractivity contribution in [1.82, 2.24) is 0 Å². The highest BCUT2D eigenvalue weighted by Gasteiger charge is 2.34. The van der Waals surface area contributed by atoms with Gasteiger partial charge in [0, 0.05) is 11.3 Å². The molecule has 0 saturated heterocycles. The largest absolute Gasteiger partial charge is 0.388 e. The molecule has 1 aromatic rings. The van der Waals surface area contributed by atoms with Crippen molar-refractivity contribution in [3.8, 4) is 0 Å². The molecule has 0 aliphatic heterocycles. The highest BCUT2D eigenvalue weighted by molar-refractivity contribution is 5.86. The van der Waals surface area contributed by atoms with Crippen molar-refractivity contribution in [2.45, 2.75) is 46.6 Å². The summed E-state index contributed by atoms with van der Waals surface area (Å²) in [6.45, 7) is 7.78. The smallest absolute Gasteiger partial charge is 0.144 e. The van der Waals surface area contributed by atoms with Crippen LogP contribution in [0.15, 0.2) is 30.3 Å².